The number of rotatable bonds is 8. The van der Waals surface area contributed by atoms with Gasteiger partial charge in [-0.25, -0.2) is 0 Å². The number of aliphatic hydroxyl groups excluding tert-OH is 1. The van der Waals surface area contributed by atoms with E-state index in [1.54, 1.807) is 0 Å². The number of aryl methyl sites for hydroxylation is 1. The van der Waals surface area contributed by atoms with Gasteiger partial charge in [0.1, 0.15) is 11.9 Å². The summed E-state index contributed by atoms with van der Waals surface area (Å²) < 4.78 is 0. The molecule has 176 valence electrons. The monoisotopic (exact) mass is 462 g/mol. The van der Waals surface area contributed by atoms with Gasteiger partial charge in [0.15, 0.2) is 0 Å². The Labute approximate surface area is 201 Å². The zero-order chi connectivity index (χ0) is 24.2. The highest BCUT2D eigenvalue weighted by molar-refractivity contribution is 7.48. The lowest BCUT2D eigenvalue weighted by Gasteiger charge is -2.34. The van der Waals surface area contributed by atoms with Crippen LogP contribution in [0.2, 0.25) is 0 Å². The Morgan fingerprint density at radius 3 is 2.18 bits per heavy atom. The van der Waals surface area contributed by atoms with Crippen molar-refractivity contribution >= 4 is 13.9 Å². The molecule has 0 aliphatic rings. The molecule has 0 bridgehead atoms. The van der Waals surface area contributed by atoms with Crippen LogP contribution < -0.4 is 5.30 Å². The maximum atomic E-state index is 11.2. The number of aliphatic hydroxyl groups is 1. The van der Waals surface area contributed by atoms with Gasteiger partial charge in [0, 0.05) is 10.7 Å². The first-order chi connectivity index (χ1) is 15.6. The summed E-state index contributed by atoms with van der Waals surface area (Å²) in [6.07, 6.45) is 2.51. The molecule has 2 nitrogen and oxygen atoms in total. The average molecular weight is 463 g/mol. The van der Waals surface area contributed by atoms with E-state index in [0.717, 1.165) is 46.8 Å². The van der Waals surface area contributed by atoms with Crippen molar-refractivity contribution in [2.24, 2.45) is 0 Å². The molecule has 0 aliphatic carbocycles. The fourth-order valence-corrected chi connectivity index (χ4v) is 6.15. The molecule has 0 saturated carbocycles. The van der Waals surface area contributed by atoms with Crippen molar-refractivity contribution in [2.45, 2.75) is 77.5 Å². The number of phenols is 1. The van der Waals surface area contributed by atoms with Gasteiger partial charge >= 0.3 is 0 Å². The standard InChI is InChI=1S/C30H39O2P/c1-7-8-18-30(6,25-20-23(29(3,4)5)19-21(2)27(25)31)33-26-17-13-12-16-24(26)28(32)22-14-10-9-11-15-22/h9-17,19-20,28,31-33H,7-8,18H2,1-6H3. The van der Waals surface area contributed by atoms with Gasteiger partial charge in [-0.3, -0.25) is 0 Å². The van der Waals surface area contributed by atoms with Crippen LogP contribution in [0.25, 0.3) is 0 Å². The number of hydrogen-bond donors (Lipinski definition) is 2. The zero-order valence-electron chi connectivity index (χ0n) is 20.9. The van der Waals surface area contributed by atoms with E-state index >= 15 is 0 Å². The SMILES string of the molecule is CCCCC(C)(Pc1ccccc1C(O)c1ccccc1)c1cc(C(C)(C)C)cc(C)c1O. The van der Waals surface area contributed by atoms with Crippen molar-refractivity contribution in [2.75, 3.05) is 0 Å². The molecule has 0 spiro atoms. The van der Waals surface area contributed by atoms with E-state index < -0.39 is 6.10 Å². The number of benzene rings is 3. The van der Waals surface area contributed by atoms with E-state index in [9.17, 15) is 10.2 Å². The second-order valence-electron chi connectivity index (χ2n) is 10.4. The minimum absolute atomic E-state index is 0.00337. The fraction of sp³-hybridized carbons (Fsp3) is 0.400. The van der Waals surface area contributed by atoms with Gasteiger partial charge in [0.2, 0.25) is 0 Å². The molecule has 33 heavy (non-hydrogen) atoms. The quantitative estimate of drug-likeness (QED) is 0.341. The van der Waals surface area contributed by atoms with Crippen molar-refractivity contribution in [3.8, 4) is 5.75 Å². The van der Waals surface area contributed by atoms with Gasteiger partial charge in [-0.05, 0) is 46.3 Å². The molecule has 3 unspecified atom stereocenters. The first-order valence-corrected chi connectivity index (χ1v) is 13.0. The smallest absolute Gasteiger partial charge is 0.122 e. The highest BCUT2D eigenvalue weighted by Gasteiger charge is 2.33. The number of phenolic OH excluding ortho intramolecular Hbond substituents is 1. The molecule has 0 aliphatic heterocycles. The molecule has 3 rings (SSSR count). The number of unbranched alkanes of at least 4 members (excludes halogenated alkanes) is 1. The van der Waals surface area contributed by atoms with Gasteiger partial charge in [-0.1, -0.05) is 123 Å². The maximum Gasteiger partial charge on any atom is 0.122 e. The second kappa shape index (κ2) is 10.4. The molecular formula is C30H39O2P. The van der Waals surface area contributed by atoms with Crippen LogP contribution in [0.15, 0.2) is 66.7 Å². The highest BCUT2D eigenvalue weighted by Crippen LogP contribution is 2.50. The van der Waals surface area contributed by atoms with Gasteiger partial charge in [-0.15, -0.1) is 0 Å². The Balaban J connectivity index is 2.10. The van der Waals surface area contributed by atoms with Crippen LogP contribution in [-0.2, 0) is 10.6 Å². The molecular weight excluding hydrogens is 423 g/mol. The second-order valence-corrected chi connectivity index (χ2v) is 12.3. The van der Waals surface area contributed by atoms with Gasteiger partial charge < -0.3 is 10.2 Å². The van der Waals surface area contributed by atoms with Crippen molar-refractivity contribution in [1.29, 1.82) is 0 Å². The highest BCUT2D eigenvalue weighted by atomic mass is 31.1. The van der Waals surface area contributed by atoms with E-state index in [4.69, 9.17) is 0 Å². The van der Waals surface area contributed by atoms with Gasteiger partial charge in [0.05, 0.1) is 0 Å². The van der Waals surface area contributed by atoms with Crippen LogP contribution in [0.3, 0.4) is 0 Å². The summed E-state index contributed by atoms with van der Waals surface area (Å²) in [6.45, 7) is 13.2. The molecule has 0 amide bonds. The minimum Gasteiger partial charge on any atom is -0.507 e. The molecule has 0 fully saturated rings. The lowest BCUT2D eigenvalue weighted by Crippen LogP contribution is -2.23. The van der Waals surface area contributed by atoms with Crippen LogP contribution in [0.1, 0.15) is 87.8 Å². The lowest BCUT2D eigenvalue weighted by molar-refractivity contribution is 0.221. The van der Waals surface area contributed by atoms with E-state index in [0.29, 0.717) is 14.3 Å². The fourth-order valence-electron chi connectivity index (χ4n) is 4.39. The molecule has 0 radical (unpaired) electrons. The Kier molecular flexibility index (Phi) is 8.04. The third-order valence-electron chi connectivity index (χ3n) is 6.57. The zero-order valence-corrected chi connectivity index (χ0v) is 21.9. The summed E-state index contributed by atoms with van der Waals surface area (Å²) >= 11 is 0. The summed E-state index contributed by atoms with van der Waals surface area (Å²) in [5, 5.41) is 23.4. The largest absolute Gasteiger partial charge is 0.507 e. The maximum absolute atomic E-state index is 11.2. The Morgan fingerprint density at radius 2 is 1.55 bits per heavy atom. The number of hydrogen-bond acceptors (Lipinski definition) is 2. The first kappa shape index (κ1) is 25.5. The molecule has 3 atom stereocenters. The van der Waals surface area contributed by atoms with Crippen LogP contribution >= 0.6 is 8.58 Å². The molecule has 2 N–H and O–H groups in total. The van der Waals surface area contributed by atoms with Crippen LogP contribution in [0, 0.1) is 6.92 Å². The Morgan fingerprint density at radius 1 is 0.909 bits per heavy atom. The molecule has 3 aromatic rings. The summed E-state index contributed by atoms with van der Waals surface area (Å²) in [4.78, 5) is 0. The van der Waals surface area contributed by atoms with E-state index in [-0.39, 0.29) is 10.6 Å². The van der Waals surface area contributed by atoms with Crippen LogP contribution in [0.5, 0.6) is 5.75 Å². The summed E-state index contributed by atoms with van der Waals surface area (Å²) in [5.41, 5.74) is 5.07. The lowest BCUT2D eigenvalue weighted by atomic mass is 9.82. The predicted molar refractivity (Wildman–Crippen MR) is 143 cm³/mol. The third-order valence-corrected chi connectivity index (χ3v) is 8.37. The molecule has 0 heterocycles. The summed E-state index contributed by atoms with van der Waals surface area (Å²) in [7, 11) is 0.425. The summed E-state index contributed by atoms with van der Waals surface area (Å²) in [5.74, 6) is 0.412. The van der Waals surface area contributed by atoms with Crippen molar-refractivity contribution in [3.05, 3.63) is 94.5 Å². The number of aromatic hydroxyl groups is 1. The normalized spacial score (nSPS) is 15.0. The first-order valence-electron chi connectivity index (χ1n) is 12.0. The Bertz CT molecular complexity index is 1070. The molecule has 0 aromatic heterocycles. The topological polar surface area (TPSA) is 40.5 Å². The van der Waals surface area contributed by atoms with Crippen molar-refractivity contribution < 1.29 is 10.2 Å². The molecule has 3 aromatic carbocycles. The van der Waals surface area contributed by atoms with Crippen molar-refractivity contribution in [1.82, 2.24) is 0 Å². The average Bonchev–Trinajstić information content (AvgIpc) is 2.79. The van der Waals surface area contributed by atoms with E-state index in [1.165, 1.54) is 5.56 Å². The van der Waals surface area contributed by atoms with Crippen LogP contribution in [0.4, 0.5) is 0 Å². The van der Waals surface area contributed by atoms with E-state index in [2.05, 4.69) is 58.9 Å². The minimum atomic E-state index is -0.665. The molecule has 3 heteroatoms. The third kappa shape index (κ3) is 5.86. The van der Waals surface area contributed by atoms with Gasteiger partial charge in [-0.2, -0.15) is 0 Å². The summed E-state index contributed by atoms with van der Waals surface area (Å²) in [6, 6.07) is 22.4. The predicted octanol–water partition coefficient (Wildman–Crippen LogP) is 7.49. The van der Waals surface area contributed by atoms with E-state index in [1.807, 2.05) is 49.4 Å². The molecule has 0 saturated heterocycles. The van der Waals surface area contributed by atoms with Crippen LogP contribution in [-0.4, -0.2) is 10.2 Å². The van der Waals surface area contributed by atoms with Gasteiger partial charge in [0.25, 0.3) is 0 Å². The van der Waals surface area contributed by atoms with Crippen molar-refractivity contribution in [3.63, 3.8) is 0 Å². The Hall–Kier alpha value is -2.15.